The van der Waals surface area contributed by atoms with Gasteiger partial charge in [-0.2, -0.15) is 17.2 Å². The second-order valence-electron chi connectivity index (χ2n) is 6.02. The van der Waals surface area contributed by atoms with Crippen molar-refractivity contribution < 1.29 is 24.0 Å². The predicted molar refractivity (Wildman–Crippen MR) is 93.6 cm³/mol. The second kappa shape index (κ2) is 12.0. The minimum atomic E-state index is -0.739. The van der Waals surface area contributed by atoms with E-state index in [0.717, 1.165) is 11.5 Å². The summed E-state index contributed by atoms with van der Waals surface area (Å²) in [7, 11) is 1.78. The van der Waals surface area contributed by atoms with E-state index in [4.69, 9.17) is 9.57 Å². The van der Waals surface area contributed by atoms with Gasteiger partial charge in [0.05, 0.1) is 0 Å². The Morgan fingerprint density at radius 3 is 2.42 bits per heavy atom. The van der Waals surface area contributed by atoms with Crippen LogP contribution in [0.5, 0.6) is 0 Å². The molecule has 2 N–H and O–H groups in total. The lowest BCUT2D eigenvalue weighted by Crippen LogP contribution is -2.36. The molecule has 0 aliphatic heterocycles. The minimum Gasteiger partial charge on any atom is -0.442 e. The van der Waals surface area contributed by atoms with Crippen molar-refractivity contribution in [1.29, 1.82) is 0 Å². The summed E-state index contributed by atoms with van der Waals surface area (Å²) in [5, 5.41) is 2.67. The van der Waals surface area contributed by atoms with Crippen LogP contribution in [0, 0.1) is 0 Å². The first-order chi connectivity index (χ1) is 11.2. The van der Waals surface area contributed by atoms with E-state index in [0.29, 0.717) is 19.5 Å². The number of rotatable bonds is 10. The van der Waals surface area contributed by atoms with Crippen molar-refractivity contribution in [3.63, 3.8) is 0 Å². The van der Waals surface area contributed by atoms with Crippen LogP contribution in [0.3, 0.4) is 0 Å². The fourth-order valence-corrected chi connectivity index (χ4v) is 2.32. The minimum absolute atomic E-state index is 0.124. The maximum absolute atomic E-state index is 11.5. The molecule has 9 heteroatoms. The molecule has 3 amide bonds. The van der Waals surface area contributed by atoms with E-state index in [2.05, 4.69) is 5.32 Å². The van der Waals surface area contributed by atoms with Gasteiger partial charge >= 0.3 is 6.09 Å². The number of hydrogen-bond acceptors (Lipinski definition) is 6. The molecule has 140 valence electrons. The molecule has 0 aliphatic carbocycles. The molecule has 8 nitrogen and oxygen atoms in total. The van der Waals surface area contributed by atoms with Crippen molar-refractivity contribution in [3.8, 4) is 0 Å². The SMILES string of the molecule is CCC(=O)N(C)CCSCCNC(=O)CONC(=O)OC(C)(C)C. The van der Waals surface area contributed by atoms with Gasteiger partial charge in [-0.05, 0) is 20.8 Å². The zero-order valence-electron chi connectivity index (χ0n) is 15.1. The summed E-state index contributed by atoms with van der Waals surface area (Å²) in [6, 6.07) is 0. The summed E-state index contributed by atoms with van der Waals surface area (Å²) in [5.74, 6) is 1.34. The zero-order valence-corrected chi connectivity index (χ0v) is 16.0. The molecule has 24 heavy (non-hydrogen) atoms. The van der Waals surface area contributed by atoms with Crippen molar-refractivity contribution in [2.24, 2.45) is 0 Å². The molecule has 0 fully saturated rings. The van der Waals surface area contributed by atoms with E-state index >= 15 is 0 Å². The predicted octanol–water partition coefficient (Wildman–Crippen LogP) is 1.16. The van der Waals surface area contributed by atoms with Crippen molar-refractivity contribution in [1.82, 2.24) is 15.7 Å². The average molecular weight is 363 g/mol. The largest absolute Gasteiger partial charge is 0.442 e. The number of carbonyl (C=O) groups excluding carboxylic acids is 3. The van der Waals surface area contributed by atoms with Crippen molar-refractivity contribution >= 4 is 29.7 Å². The Morgan fingerprint density at radius 1 is 1.17 bits per heavy atom. The van der Waals surface area contributed by atoms with Crippen LogP contribution in [-0.4, -0.2) is 66.7 Å². The third kappa shape index (κ3) is 13.0. The van der Waals surface area contributed by atoms with Gasteiger partial charge in [0.25, 0.3) is 0 Å². The Kier molecular flexibility index (Phi) is 11.2. The first-order valence-electron chi connectivity index (χ1n) is 7.85. The van der Waals surface area contributed by atoms with Gasteiger partial charge in [0.15, 0.2) is 6.61 Å². The summed E-state index contributed by atoms with van der Waals surface area (Å²) in [6.07, 6.45) is -0.231. The number of nitrogens with one attached hydrogen (secondary N) is 2. The number of amides is 3. The van der Waals surface area contributed by atoms with Gasteiger partial charge in [-0.25, -0.2) is 4.79 Å². The molecular formula is C15H29N3O5S. The first kappa shape index (κ1) is 22.5. The van der Waals surface area contributed by atoms with Gasteiger partial charge in [0.1, 0.15) is 5.60 Å². The highest BCUT2D eigenvalue weighted by atomic mass is 32.2. The highest BCUT2D eigenvalue weighted by molar-refractivity contribution is 7.99. The topological polar surface area (TPSA) is 97.0 Å². The average Bonchev–Trinajstić information content (AvgIpc) is 2.47. The van der Waals surface area contributed by atoms with Gasteiger partial charge in [-0.3, -0.25) is 14.4 Å². The highest BCUT2D eigenvalue weighted by Gasteiger charge is 2.16. The summed E-state index contributed by atoms with van der Waals surface area (Å²) in [5.41, 5.74) is 1.42. The number of ether oxygens (including phenoxy) is 1. The Balaban J connectivity index is 3.57. The maximum atomic E-state index is 11.5. The molecule has 0 unspecified atom stereocenters. The fraction of sp³-hybridized carbons (Fsp3) is 0.800. The van der Waals surface area contributed by atoms with E-state index in [-0.39, 0.29) is 18.4 Å². The monoisotopic (exact) mass is 363 g/mol. The van der Waals surface area contributed by atoms with Crippen molar-refractivity contribution in [2.75, 3.05) is 38.2 Å². The summed E-state index contributed by atoms with van der Waals surface area (Å²) in [6.45, 7) is 7.92. The normalized spacial score (nSPS) is 10.9. The number of carbonyl (C=O) groups is 3. The van der Waals surface area contributed by atoms with Crippen molar-refractivity contribution in [3.05, 3.63) is 0 Å². The number of hydroxylamine groups is 1. The highest BCUT2D eigenvalue weighted by Crippen LogP contribution is 2.06. The first-order valence-corrected chi connectivity index (χ1v) is 9.00. The number of thioether (sulfide) groups is 1. The van der Waals surface area contributed by atoms with E-state index in [1.54, 1.807) is 44.5 Å². The molecule has 0 aromatic carbocycles. The second-order valence-corrected chi connectivity index (χ2v) is 7.25. The van der Waals surface area contributed by atoms with E-state index in [1.165, 1.54) is 0 Å². The molecule has 0 bridgehead atoms. The van der Waals surface area contributed by atoms with Crippen LogP contribution in [0.25, 0.3) is 0 Å². The zero-order chi connectivity index (χ0) is 18.6. The van der Waals surface area contributed by atoms with E-state index in [1.807, 2.05) is 12.4 Å². The smallest absolute Gasteiger partial charge is 0.431 e. The van der Waals surface area contributed by atoms with Crippen LogP contribution >= 0.6 is 11.8 Å². The van der Waals surface area contributed by atoms with Crippen LogP contribution in [-0.2, 0) is 19.2 Å². The van der Waals surface area contributed by atoms with Gasteiger partial charge in [0, 0.05) is 38.1 Å². The van der Waals surface area contributed by atoms with Gasteiger partial charge in [0.2, 0.25) is 11.8 Å². The van der Waals surface area contributed by atoms with Gasteiger partial charge in [-0.15, -0.1) is 0 Å². The molecule has 0 saturated carbocycles. The Labute approximate surface area is 147 Å². The third-order valence-corrected chi connectivity index (χ3v) is 3.59. The lowest BCUT2D eigenvalue weighted by Gasteiger charge is -2.19. The molecular weight excluding hydrogens is 334 g/mol. The lowest BCUT2D eigenvalue weighted by atomic mass is 10.2. The van der Waals surface area contributed by atoms with Crippen LogP contribution < -0.4 is 10.8 Å². The Bertz CT molecular complexity index is 412. The molecule has 0 aromatic rings. The third-order valence-electron chi connectivity index (χ3n) is 2.63. The number of hydrogen-bond donors (Lipinski definition) is 2. The van der Waals surface area contributed by atoms with Crippen LogP contribution in [0.15, 0.2) is 0 Å². The molecule has 0 spiro atoms. The maximum Gasteiger partial charge on any atom is 0.431 e. The molecule has 0 atom stereocenters. The summed E-state index contributed by atoms with van der Waals surface area (Å²) >= 11 is 1.65. The lowest BCUT2D eigenvalue weighted by molar-refractivity contribution is -0.129. The molecule has 0 radical (unpaired) electrons. The number of nitrogens with zero attached hydrogens (tertiary/aromatic N) is 1. The molecule has 0 aromatic heterocycles. The summed E-state index contributed by atoms with van der Waals surface area (Å²) in [4.78, 5) is 40.6. The van der Waals surface area contributed by atoms with Crippen LogP contribution in [0.2, 0.25) is 0 Å². The fourth-order valence-electron chi connectivity index (χ4n) is 1.47. The standard InChI is InChI=1S/C15H29N3O5S/c1-6-13(20)18(5)8-10-24-9-7-16-12(19)11-22-17-14(21)23-15(2,3)4/h6-11H2,1-5H3,(H,16,19)(H,17,21). The molecule has 0 aliphatic rings. The van der Waals surface area contributed by atoms with E-state index in [9.17, 15) is 14.4 Å². The van der Waals surface area contributed by atoms with Gasteiger partial charge < -0.3 is 15.0 Å². The summed E-state index contributed by atoms with van der Waals surface area (Å²) < 4.78 is 4.95. The van der Waals surface area contributed by atoms with Crippen LogP contribution in [0.1, 0.15) is 34.1 Å². The molecule has 0 saturated heterocycles. The van der Waals surface area contributed by atoms with E-state index < -0.39 is 11.7 Å². The van der Waals surface area contributed by atoms with Crippen LogP contribution in [0.4, 0.5) is 4.79 Å². The Hall–Kier alpha value is -1.48. The quantitative estimate of drug-likeness (QED) is 0.447. The van der Waals surface area contributed by atoms with Gasteiger partial charge in [-0.1, -0.05) is 6.92 Å². The van der Waals surface area contributed by atoms with Crippen molar-refractivity contribution in [2.45, 2.75) is 39.7 Å². The molecule has 0 rings (SSSR count). The Morgan fingerprint density at radius 2 is 1.83 bits per heavy atom. The molecule has 0 heterocycles.